The molecule has 0 saturated carbocycles. The molecule has 0 radical (unpaired) electrons. The summed E-state index contributed by atoms with van der Waals surface area (Å²) in [7, 11) is 0. The highest BCUT2D eigenvalue weighted by Gasteiger charge is 2.19. The fourth-order valence-corrected chi connectivity index (χ4v) is 4.23. The summed E-state index contributed by atoms with van der Waals surface area (Å²) in [5, 5.41) is 15.2. The van der Waals surface area contributed by atoms with E-state index in [1.807, 2.05) is 52.0 Å². The smallest absolute Gasteiger partial charge is 0.257 e. The summed E-state index contributed by atoms with van der Waals surface area (Å²) in [6.07, 6.45) is 0.972. The number of nitrogens with zero attached hydrogens (tertiary/aromatic N) is 3. The monoisotopic (exact) mass is 547 g/mol. The van der Waals surface area contributed by atoms with E-state index in [4.69, 9.17) is 26.4 Å². The van der Waals surface area contributed by atoms with E-state index in [9.17, 15) is 4.79 Å². The molecule has 9 nitrogen and oxygen atoms in total. The minimum atomic E-state index is -0.405. The summed E-state index contributed by atoms with van der Waals surface area (Å²) in [4.78, 5) is 14.7. The van der Waals surface area contributed by atoms with Crippen LogP contribution in [0.2, 0.25) is 0 Å². The van der Waals surface area contributed by atoms with E-state index >= 15 is 0 Å². The largest absolute Gasteiger partial charge is 0.490 e. The van der Waals surface area contributed by atoms with Gasteiger partial charge in [-0.05, 0) is 93.9 Å². The van der Waals surface area contributed by atoms with Crippen LogP contribution in [-0.4, -0.2) is 45.8 Å². The van der Waals surface area contributed by atoms with Crippen LogP contribution in [0.25, 0.3) is 16.7 Å². The fourth-order valence-electron chi connectivity index (χ4n) is 4.03. The average Bonchev–Trinajstić information content (AvgIpc) is 3.33. The molecule has 1 aromatic heterocycles. The van der Waals surface area contributed by atoms with Crippen LogP contribution in [0, 0.1) is 6.92 Å². The Balaban J connectivity index is 1.52. The van der Waals surface area contributed by atoms with Gasteiger partial charge in [0.05, 0.1) is 25.5 Å². The Bertz CT molecular complexity index is 1460. The van der Waals surface area contributed by atoms with Crippen LogP contribution in [0.15, 0.2) is 48.5 Å². The van der Waals surface area contributed by atoms with Crippen molar-refractivity contribution >= 4 is 40.0 Å². The lowest BCUT2D eigenvalue weighted by atomic mass is 10.1. The molecule has 0 fully saturated rings. The Morgan fingerprint density at radius 2 is 1.46 bits per heavy atom. The third kappa shape index (κ3) is 6.46. The quantitative estimate of drug-likeness (QED) is 0.247. The van der Waals surface area contributed by atoms with Gasteiger partial charge in [-0.3, -0.25) is 10.1 Å². The van der Waals surface area contributed by atoms with Crippen molar-refractivity contribution in [3.05, 3.63) is 65.2 Å². The van der Waals surface area contributed by atoms with Gasteiger partial charge in [0.25, 0.3) is 5.91 Å². The number of fused-ring (bicyclic) bond motifs is 1. The second-order valence-corrected chi connectivity index (χ2v) is 9.08. The van der Waals surface area contributed by atoms with Gasteiger partial charge in [0.15, 0.2) is 16.6 Å². The Kier molecular flexibility index (Phi) is 8.98. The first kappa shape index (κ1) is 27.8. The Hall–Kier alpha value is -4.18. The lowest BCUT2D eigenvalue weighted by Crippen LogP contribution is -2.34. The minimum absolute atomic E-state index is 0.148. The van der Waals surface area contributed by atoms with E-state index in [-0.39, 0.29) is 5.11 Å². The maximum Gasteiger partial charge on any atom is 0.257 e. The van der Waals surface area contributed by atoms with E-state index in [0.717, 1.165) is 28.9 Å². The molecule has 4 aromatic rings. The molecule has 0 aliphatic heterocycles. The van der Waals surface area contributed by atoms with Crippen LogP contribution >= 0.6 is 12.2 Å². The number of rotatable bonds is 10. The number of hydrogen-bond donors (Lipinski definition) is 2. The van der Waals surface area contributed by atoms with Crippen molar-refractivity contribution in [2.45, 2.75) is 41.0 Å². The summed E-state index contributed by atoms with van der Waals surface area (Å²) in [6.45, 7) is 10.9. The first-order chi connectivity index (χ1) is 18.9. The van der Waals surface area contributed by atoms with E-state index in [0.29, 0.717) is 48.1 Å². The number of hydrogen-bond acceptors (Lipinski definition) is 7. The molecule has 0 aliphatic carbocycles. The normalized spacial score (nSPS) is 10.8. The number of anilines is 1. The number of aryl methyl sites for hydroxylation is 2. The number of carbonyl (C=O) groups excluding carboxylic acids is 1. The highest BCUT2D eigenvalue weighted by Crippen LogP contribution is 2.39. The molecular formula is C29H33N5O4S. The Morgan fingerprint density at radius 1 is 0.872 bits per heavy atom. The molecule has 1 heterocycles. The number of carbonyl (C=O) groups is 1. The zero-order valence-electron chi connectivity index (χ0n) is 22.8. The topological polar surface area (TPSA) is 99.5 Å². The fraction of sp³-hybridized carbons (Fsp3) is 0.310. The van der Waals surface area contributed by atoms with Crippen molar-refractivity contribution in [1.82, 2.24) is 20.3 Å². The number of aromatic nitrogens is 3. The van der Waals surface area contributed by atoms with Crippen molar-refractivity contribution in [3.63, 3.8) is 0 Å². The van der Waals surface area contributed by atoms with Crippen LogP contribution in [0.4, 0.5) is 5.69 Å². The van der Waals surface area contributed by atoms with E-state index in [1.54, 1.807) is 16.9 Å². The third-order valence-electron chi connectivity index (χ3n) is 5.95. The summed E-state index contributed by atoms with van der Waals surface area (Å²) < 4.78 is 17.2. The summed E-state index contributed by atoms with van der Waals surface area (Å²) in [5.41, 5.74) is 5.55. The molecule has 204 valence electrons. The summed E-state index contributed by atoms with van der Waals surface area (Å²) >= 11 is 5.46. The highest BCUT2D eigenvalue weighted by molar-refractivity contribution is 7.80. The molecular weight excluding hydrogens is 514 g/mol. The maximum atomic E-state index is 13.1. The molecule has 0 atom stereocenters. The number of thiocarbonyl (C=S) groups is 1. The van der Waals surface area contributed by atoms with Crippen molar-refractivity contribution in [2.75, 3.05) is 25.1 Å². The van der Waals surface area contributed by atoms with Gasteiger partial charge < -0.3 is 19.5 Å². The maximum absolute atomic E-state index is 13.1. The second-order valence-electron chi connectivity index (χ2n) is 8.67. The van der Waals surface area contributed by atoms with Gasteiger partial charge >= 0.3 is 0 Å². The lowest BCUT2D eigenvalue weighted by Gasteiger charge is -2.17. The van der Waals surface area contributed by atoms with Gasteiger partial charge in [-0.15, -0.1) is 10.2 Å². The zero-order chi connectivity index (χ0) is 27.9. The Labute approximate surface area is 233 Å². The van der Waals surface area contributed by atoms with Crippen LogP contribution in [0.5, 0.6) is 17.2 Å². The minimum Gasteiger partial charge on any atom is -0.490 e. The standard InChI is InChI=1S/C29H33N5O4S/c1-6-19-10-12-21(13-11-19)34-32-23-14-18(5)22(17-24(23)33-34)30-29(39)31-28(35)20-15-25(36-7-2)27(38-9-4)26(16-20)37-8-3/h10-17H,6-9H2,1-5H3,(H2,30,31,35,39). The molecule has 0 spiro atoms. The van der Waals surface area contributed by atoms with Crippen molar-refractivity contribution < 1.29 is 19.0 Å². The van der Waals surface area contributed by atoms with E-state index in [2.05, 4.69) is 39.9 Å². The predicted molar refractivity (Wildman–Crippen MR) is 157 cm³/mol. The molecule has 3 aromatic carbocycles. The van der Waals surface area contributed by atoms with Crippen molar-refractivity contribution in [1.29, 1.82) is 0 Å². The molecule has 2 N–H and O–H groups in total. The molecule has 0 unspecified atom stereocenters. The first-order valence-corrected chi connectivity index (χ1v) is 13.4. The first-order valence-electron chi connectivity index (χ1n) is 13.0. The van der Waals surface area contributed by atoms with Gasteiger partial charge in [0.1, 0.15) is 11.0 Å². The number of ether oxygens (including phenoxy) is 3. The van der Waals surface area contributed by atoms with Gasteiger partial charge in [0.2, 0.25) is 5.75 Å². The van der Waals surface area contributed by atoms with Gasteiger partial charge in [-0.2, -0.15) is 4.80 Å². The van der Waals surface area contributed by atoms with Crippen molar-refractivity contribution in [3.8, 4) is 22.9 Å². The molecule has 10 heteroatoms. The van der Waals surface area contributed by atoms with Gasteiger partial charge in [0, 0.05) is 11.3 Å². The zero-order valence-corrected chi connectivity index (χ0v) is 23.6. The third-order valence-corrected chi connectivity index (χ3v) is 6.15. The molecule has 0 saturated heterocycles. The molecule has 1 amide bonds. The number of nitrogens with one attached hydrogen (secondary N) is 2. The highest BCUT2D eigenvalue weighted by atomic mass is 32.1. The van der Waals surface area contributed by atoms with Gasteiger partial charge in [-0.1, -0.05) is 19.1 Å². The van der Waals surface area contributed by atoms with Crippen molar-refractivity contribution in [2.24, 2.45) is 0 Å². The van der Waals surface area contributed by atoms with E-state index < -0.39 is 5.91 Å². The van der Waals surface area contributed by atoms with Crippen LogP contribution in [-0.2, 0) is 6.42 Å². The number of amides is 1. The molecule has 0 aliphatic rings. The summed E-state index contributed by atoms with van der Waals surface area (Å²) in [6, 6.07) is 15.2. The molecule has 0 bridgehead atoms. The van der Waals surface area contributed by atoms with E-state index in [1.165, 1.54) is 5.56 Å². The molecule has 39 heavy (non-hydrogen) atoms. The molecule has 4 rings (SSSR count). The summed E-state index contributed by atoms with van der Waals surface area (Å²) in [5.74, 6) is 0.931. The Morgan fingerprint density at radius 3 is 2.03 bits per heavy atom. The SMILES string of the molecule is CCOc1cc(C(=O)NC(=S)Nc2cc3nn(-c4ccc(CC)cc4)nc3cc2C)cc(OCC)c1OCC. The van der Waals surface area contributed by atoms with Crippen LogP contribution in [0.1, 0.15) is 49.2 Å². The predicted octanol–water partition coefficient (Wildman–Crippen LogP) is 5.61. The van der Waals surface area contributed by atoms with Gasteiger partial charge in [-0.25, -0.2) is 0 Å². The lowest BCUT2D eigenvalue weighted by molar-refractivity contribution is 0.0976. The van der Waals surface area contributed by atoms with Crippen LogP contribution < -0.4 is 24.8 Å². The number of benzene rings is 3. The van der Waals surface area contributed by atoms with Crippen LogP contribution in [0.3, 0.4) is 0 Å². The average molecular weight is 548 g/mol. The second kappa shape index (κ2) is 12.6.